The van der Waals surface area contributed by atoms with Crippen LogP contribution >= 0.6 is 0 Å². The third-order valence-electron chi connectivity index (χ3n) is 3.27. The fourth-order valence-corrected chi connectivity index (χ4v) is 2.20. The summed E-state index contributed by atoms with van der Waals surface area (Å²) >= 11 is 0. The molecule has 1 aromatic carbocycles. The van der Waals surface area contributed by atoms with Crippen molar-refractivity contribution >= 4 is 17.4 Å². The van der Waals surface area contributed by atoms with E-state index in [2.05, 4.69) is 25.7 Å². The topological polar surface area (TPSA) is 49.4 Å². The maximum absolute atomic E-state index is 12.1. The van der Waals surface area contributed by atoms with Crippen molar-refractivity contribution < 1.29 is 9.59 Å². The Balaban J connectivity index is 2.16. The summed E-state index contributed by atoms with van der Waals surface area (Å²) in [6.45, 7) is 11.0. The molecule has 0 aliphatic carbocycles. The van der Waals surface area contributed by atoms with E-state index in [9.17, 15) is 9.59 Å². The summed E-state index contributed by atoms with van der Waals surface area (Å²) in [6, 6.07) is 5.87. The normalized spacial score (nSPS) is 14.1. The van der Waals surface area contributed by atoms with Crippen LogP contribution in [0.15, 0.2) is 30.4 Å². The number of rotatable bonds is 5. The van der Waals surface area contributed by atoms with Crippen LogP contribution in [0.3, 0.4) is 0 Å². The summed E-state index contributed by atoms with van der Waals surface area (Å²) in [5.74, 6) is -0.885. The molecule has 1 N–H and O–H groups in total. The number of carbonyl (C=O) groups is 2. The van der Waals surface area contributed by atoms with Crippen LogP contribution in [0.5, 0.6) is 0 Å². The molecule has 0 bridgehead atoms. The zero-order valence-electron chi connectivity index (χ0n) is 12.2. The standard InChI is InChI=1S/C16H20N2O2/c1-10(2)17-8-12(4)9-18-14-6-5-11(3)7-13(14)15(19)16(18)20/h5-7,10,17H,4,8-9H2,1-3H3. The predicted octanol–water partition coefficient (Wildman–Crippen LogP) is 2.08. The highest BCUT2D eigenvalue weighted by Crippen LogP contribution is 2.30. The van der Waals surface area contributed by atoms with Gasteiger partial charge in [0.2, 0.25) is 0 Å². The van der Waals surface area contributed by atoms with Crippen LogP contribution in [-0.4, -0.2) is 30.8 Å². The molecule has 0 atom stereocenters. The van der Waals surface area contributed by atoms with Crippen LogP contribution in [0, 0.1) is 6.92 Å². The van der Waals surface area contributed by atoms with Crippen LogP contribution in [0.25, 0.3) is 0 Å². The second-order valence-corrected chi connectivity index (χ2v) is 5.53. The largest absolute Gasteiger partial charge is 0.311 e. The third kappa shape index (κ3) is 2.80. The van der Waals surface area contributed by atoms with E-state index in [0.29, 0.717) is 30.4 Å². The number of ketones is 1. The van der Waals surface area contributed by atoms with Gasteiger partial charge in [0, 0.05) is 19.1 Å². The zero-order chi connectivity index (χ0) is 14.9. The molecule has 4 heteroatoms. The molecule has 0 saturated carbocycles. The number of benzene rings is 1. The fraction of sp³-hybridized carbons (Fsp3) is 0.375. The molecule has 0 radical (unpaired) electrons. The Morgan fingerprint density at radius 3 is 2.70 bits per heavy atom. The summed E-state index contributed by atoms with van der Waals surface area (Å²) in [6.07, 6.45) is 0. The van der Waals surface area contributed by atoms with Gasteiger partial charge in [-0.3, -0.25) is 9.59 Å². The molecule has 0 spiro atoms. The minimum atomic E-state index is -0.462. The Morgan fingerprint density at radius 1 is 1.35 bits per heavy atom. The van der Waals surface area contributed by atoms with Crippen molar-refractivity contribution in [1.29, 1.82) is 0 Å². The van der Waals surface area contributed by atoms with Gasteiger partial charge in [0.1, 0.15) is 0 Å². The van der Waals surface area contributed by atoms with Crippen LogP contribution in [0.2, 0.25) is 0 Å². The molecule has 20 heavy (non-hydrogen) atoms. The Kier molecular flexibility index (Phi) is 4.04. The lowest BCUT2D eigenvalue weighted by Gasteiger charge is -2.19. The SMILES string of the molecule is C=C(CNC(C)C)CN1C(=O)C(=O)c2cc(C)ccc21. The Labute approximate surface area is 119 Å². The van der Waals surface area contributed by atoms with E-state index in [4.69, 9.17) is 0 Å². The van der Waals surface area contributed by atoms with Crippen molar-refractivity contribution in [2.75, 3.05) is 18.0 Å². The van der Waals surface area contributed by atoms with Gasteiger partial charge < -0.3 is 10.2 Å². The molecule has 106 valence electrons. The first-order valence-corrected chi connectivity index (χ1v) is 6.77. The number of hydrogen-bond donors (Lipinski definition) is 1. The number of hydrogen-bond acceptors (Lipinski definition) is 3. The highest BCUT2D eigenvalue weighted by atomic mass is 16.2. The molecule has 0 unspecified atom stereocenters. The van der Waals surface area contributed by atoms with Gasteiger partial charge in [-0.2, -0.15) is 0 Å². The number of fused-ring (bicyclic) bond motifs is 1. The van der Waals surface area contributed by atoms with Gasteiger partial charge >= 0.3 is 0 Å². The maximum atomic E-state index is 12.1. The second kappa shape index (κ2) is 5.59. The van der Waals surface area contributed by atoms with Gasteiger partial charge in [-0.05, 0) is 24.6 Å². The van der Waals surface area contributed by atoms with Gasteiger partial charge in [0.25, 0.3) is 11.7 Å². The Morgan fingerprint density at radius 2 is 2.05 bits per heavy atom. The van der Waals surface area contributed by atoms with E-state index in [1.165, 1.54) is 4.90 Å². The number of carbonyl (C=O) groups excluding carboxylic acids is 2. The van der Waals surface area contributed by atoms with E-state index in [1.54, 1.807) is 6.07 Å². The summed E-state index contributed by atoms with van der Waals surface area (Å²) in [5, 5.41) is 3.26. The van der Waals surface area contributed by atoms with Crippen LogP contribution in [-0.2, 0) is 4.79 Å². The molecule has 1 amide bonds. The van der Waals surface area contributed by atoms with Crippen molar-refractivity contribution in [3.63, 3.8) is 0 Å². The van der Waals surface area contributed by atoms with Crippen LogP contribution in [0.1, 0.15) is 29.8 Å². The van der Waals surface area contributed by atoms with Crippen molar-refractivity contribution in [2.45, 2.75) is 26.8 Å². The number of anilines is 1. The van der Waals surface area contributed by atoms with E-state index >= 15 is 0 Å². The monoisotopic (exact) mass is 272 g/mol. The molecule has 1 aliphatic rings. The number of nitrogens with one attached hydrogen (secondary N) is 1. The number of nitrogens with zero attached hydrogens (tertiary/aromatic N) is 1. The summed E-state index contributed by atoms with van der Waals surface area (Å²) in [7, 11) is 0. The van der Waals surface area contributed by atoms with Gasteiger partial charge in [-0.15, -0.1) is 0 Å². The average molecular weight is 272 g/mol. The smallest absolute Gasteiger partial charge is 0.299 e. The highest BCUT2D eigenvalue weighted by Gasteiger charge is 2.35. The second-order valence-electron chi connectivity index (χ2n) is 5.53. The molecule has 1 heterocycles. The number of Topliss-reactive ketones (excluding diaryl/α,β-unsaturated/α-hetero) is 1. The van der Waals surface area contributed by atoms with Crippen molar-refractivity contribution in [3.05, 3.63) is 41.5 Å². The third-order valence-corrected chi connectivity index (χ3v) is 3.27. The molecule has 0 aromatic heterocycles. The first-order chi connectivity index (χ1) is 9.40. The fourth-order valence-electron chi connectivity index (χ4n) is 2.20. The molecule has 1 aromatic rings. The van der Waals surface area contributed by atoms with Crippen molar-refractivity contribution in [1.82, 2.24) is 5.32 Å². The lowest BCUT2D eigenvalue weighted by molar-refractivity contribution is -0.114. The summed E-state index contributed by atoms with van der Waals surface area (Å²) in [5.41, 5.74) is 3.05. The molecule has 1 aliphatic heterocycles. The Hall–Kier alpha value is -1.94. The van der Waals surface area contributed by atoms with E-state index in [0.717, 1.165) is 11.1 Å². The average Bonchev–Trinajstić information content (AvgIpc) is 2.61. The van der Waals surface area contributed by atoms with Crippen LogP contribution < -0.4 is 10.2 Å². The summed E-state index contributed by atoms with van der Waals surface area (Å²) < 4.78 is 0. The molecular weight excluding hydrogens is 252 g/mol. The lowest BCUT2D eigenvalue weighted by atomic mass is 10.1. The minimum Gasteiger partial charge on any atom is -0.311 e. The first kappa shape index (κ1) is 14.5. The molecule has 4 nitrogen and oxygen atoms in total. The first-order valence-electron chi connectivity index (χ1n) is 6.77. The molecule has 0 fully saturated rings. The van der Waals surface area contributed by atoms with Crippen LogP contribution in [0.4, 0.5) is 5.69 Å². The van der Waals surface area contributed by atoms with E-state index in [-0.39, 0.29) is 0 Å². The Bertz CT molecular complexity index is 576. The quantitative estimate of drug-likeness (QED) is 0.659. The maximum Gasteiger partial charge on any atom is 0.299 e. The van der Waals surface area contributed by atoms with Gasteiger partial charge in [0.05, 0.1) is 11.3 Å². The van der Waals surface area contributed by atoms with Gasteiger partial charge in [-0.1, -0.05) is 32.1 Å². The van der Waals surface area contributed by atoms with E-state index in [1.807, 2.05) is 19.1 Å². The predicted molar refractivity (Wildman–Crippen MR) is 80.1 cm³/mol. The van der Waals surface area contributed by atoms with E-state index < -0.39 is 11.7 Å². The zero-order valence-corrected chi connectivity index (χ0v) is 12.2. The number of aryl methyl sites for hydroxylation is 1. The number of amides is 1. The lowest BCUT2D eigenvalue weighted by Crippen LogP contribution is -2.34. The summed E-state index contributed by atoms with van der Waals surface area (Å²) in [4.78, 5) is 25.5. The molecule has 0 saturated heterocycles. The van der Waals surface area contributed by atoms with Crippen molar-refractivity contribution in [2.24, 2.45) is 0 Å². The van der Waals surface area contributed by atoms with Gasteiger partial charge in [-0.25, -0.2) is 0 Å². The molecule has 2 rings (SSSR count). The van der Waals surface area contributed by atoms with Crippen molar-refractivity contribution in [3.8, 4) is 0 Å². The van der Waals surface area contributed by atoms with Gasteiger partial charge in [0.15, 0.2) is 0 Å². The highest BCUT2D eigenvalue weighted by molar-refractivity contribution is 6.52. The minimum absolute atomic E-state index is 0.359. The molecular formula is C16H20N2O2.